The van der Waals surface area contributed by atoms with Gasteiger partial charge in [-0.1, -0.05) is 24.3 Å². The molecule has 0 aliphatic carbocycles. The number of para-hydroxylation sites is 1. The van der Waals surface area contributed by atoms with E-state index in [4.69, 9.17) is 14.2 Å². The third-order valence-electron chi connectivity index (χ3n) is 4.58. The first-order chi connectivity index (χ1) is 15.1. The molecule has 1 aliphatic heterocycles. The first-order valence-electron chi connectivity index (χ1n) is 9.55. The molecule has 2 amide bonds. The molecule has 3 aromatic carbocycles. The normalized spacial score (nSPS) is 11.9. The number of rotatable bonds is 6. The second-order valence-electron chi connectivity index (χ2n) is 6.67. The summed E-state index contributed by atoms with van der Waals surface area (Å²) in [6.07, 6.45) is 3.08. The fraction of sp³-hybridized carbons (Fsp3) is 0.0833. The lowest BCUT2D eigenvalue weighted by Gasteiger charge is -2.11. The molecule has 0 unspecified atom stereocenters. The smallest absolute Gasteiger partial charge is 0.257 e. The van der Waals surface area contributed by atoms with E-state index in [1.807, 2.05) is 24.3 Å². The standard InChI is InChI=1S/C24H20N2O5/c1-29-18-6-4-5-16(13-18)9-12-23(27)26-20-8-3-2-7-19(20)24(28)25-17-10-11-21-22(14-17)31-15-30-21/h2-14H,15H2,1H3,(H,25,28)(H,26,27)/b12-9+. The minimum Gasteiger partial charge on any atom is -0.497 e. The summed E-state index contributed by atoms with van der Waals surface area (Å²) in [5, 5.41) is 5.57. The van der Waals surface area contributed by atoms with Crippen molar-refractivity contribution in [3.05, 3.63) is 83.9 Å². The van der Waals surface area contributed by atoms with Gasteiger partial charge in [-0.05, 0) is 48.0 Å². The Balaban J connectivity index is 1.45. The first-order valence-corrected chi connectivity index (χ1v) is 9.55. The summed E-state index contributed by atoms with van der Waals surface area (Å²) in [6.45, 7) is 0.158. The van der Waals surface area contributed by atoms with Gasteiger partial charge >= 0.3 is 0 Å². The predicted octanol–water partition coefficient (Wildman–Crippen LogP) is 4.33. The number of methoxy groups -OCH3 is 1. The Morgan fingerprint density at radius 2 is 1.77 bits per heavy atom. The summed E-state index contributed by atoms with van der Waals surface area (Å²) in [5.41, 5.74) is 2.13. The second-order valence-corrected chi connectivity index (χ2v) is 6.67. The molecule has 7 nitrogen and oxygen atoms in total. The van der Waals surface area contributed by atoms with Gasteiger partial charge in [-0.3, -0.25) is 9.59 Å². The summed E-state index contributed by atoms with van der Waals surface area (Å²) in [4.78, 5) is 25.2. The van der Waals surface area contributed by atoms with Crippen molar-refractivity contribution in [2.45, 2.75) is 0 Å². The number of hydrogen-bond donors (Lipinski definition) is 2. The van der Waals surface area contributed by atoms with E-state index < -0.39 is 0 Å². The maximum atomic E-state index is 12.8. The molecule has 3 aromatic rings. The van der Waals surface area contributed by atoms with Crippen LogP contribution in [-0.2, 0) is 4.79 Å². The molecule has 0 spiro atoms. The minimum absolute atomic E-state index is 0.158. The highest BCUT2D eigenvalue weighted by Gasteiger charge is 2.16. The average Bonchev–Trinajstić information content (AvgIpc) is 3.26. The van der Waals surface area contributed by atoms with E-state index in [1.54, 1.807) is 55.7 Å². The molecule has 156 valence electrons. The second kappa shape index (κ2) is 9.04. The average molecular weight is 416 g/mol. The van der Waals surface area contributed by atoms with E-state index >= 15 is 0 Å². The number of anilines is 2. The van der Waals surface area contributed by atoms with Crippen molar-refractivity contribution < 1.29 is 23.8 Å². The number of hydrogen-bond acceptors (Lipinski definition) is 5. The Bertz CT molecular complexity index is 1160. The molecule has 0 aromatic heterocycles. The van der Waals surface area contributed by atoms with Gasteiger partial charge in [0, 0.05) is 17.8 Å². The Labute approximate surface area is 179 Å². The summed E-state index contributed by atoms with van der Waals surface area (Å²) < 4.78 is 15.8. The van der Waals surface area contributed by atoms with Crippen molar-refractivity contribution in [2.75, 3.05) is 24.5 Å². The van der Waals surface area contributed by atoms with Crippen molar-refractivity contribution in [1.29, 1.82) is 0 Å². The topological polar surface area (TPSA) is 85.9 Å². The van der Waals surface area contributed by atoms with E-state index in [9.17, 15) is 9.59 Å². The number of carbonyl (C=O) groups excluding carboxylic acids is 2. The van der Waals surface area contributed by atoms with Crippen LogP contribution in [-0.4, -0.2) is 25.7 Å². The van der Waals surface area contributed by atoms with Gasteiger partial charge in [-0.15, -0.1) is 0 Å². The van der Waals surface area contributed by atoms with Crippen LogP contribution in [0.1, 0.15) is 15.9 Å². The van der Waals surface area contributed by atoms with Crippen molar-refractivity contribution in [3.63, 3.8) is 0 Å². The van der Waals surface area contributed by atoms with Crippen molar-refractivity contribution in [3.8, 4) is 17.2 Å². The van der Waals surface area contributed by atoms with Crippen LogP contribution in [0.15, 0.2) is 72.8 Å². The van der Waals surface area contributed by atoms with E-state index in [0.717, 1.165) is 5.56 Å². The maximum Gasteiger partial charge on any atom is 0.257 e. The Kier molecular flexibility index (Phi) is 5.84. The van der Waals surface area contributed by atoms with E-state index in [2.05, 4.69) is 10.6 Å². The summed E-state index contributed by atoms with van der Waals surface area (Å²) in [6, 6.07) is 19.3. The van der Waals surface area contributed by atoms with Gasteiger partial charge in [-0.2, -0.15) is 0 Å². The van der Waals surface area contributed by atoms with Gasteiger partial charge in [0.1, 0.15) is 5.75 Å². The van der Waals surface area contributed by atoms with Gasteiger partial charge in [0.25, 0.3) is 5.91 Å². The maximum absolute atomic E-state index is 12.8. The lowest BCUT2D eigenvalue weighted by Crippen LogP contribution is -2.17. The molecule has 0 saturated heterocycles. The predicted molar refractivity (Wildman–Crippen MR) is 118 cm³/mol. The minimum atomic E-state index is -0.355. The van der Waals surface area contributed by atoms with Crippen molar-refractivity contribution >= 4 is 29.3 Å². The summed E-state index contributed by atoms with van der Waals surface area (Å²) >= 11 is 0. The van der Waals surface area contributed by atoms with Crippen LogP contribution >= 0.6 is 0 Å². The highest BCUT2D eigenvalue weighted by Crippen LogP contribution is 2.34. The van der Waals surface area contributed by atoms with E-state index in [0.29, 0.717) is 34.2 Å². The molecule has 2 N–H and O–H groups in total. The number of fused-ring (bicyclic) bond motifs is 1. The molecule has 7 heteroatoms. The van der Waals surface area contributed by atoms with E-state index in [1.165, 1.54) is 6.08 Å². The third-order valence-corrected chi connectivity index (χ3v) is 4.58. The number of carbonyl (C=O) groups is 2. The Morgan fingerprint density at radius 3 is 2.65 bits per heavy atom. The van der Waals surface area contributed by atoms with Gasteiger partial charge in [0.05, 0.1) is 18.4 Å². The fourth-order valence-electron chi connectivity index (χ4n) is 3.05. The molecule has 0 saturated carbocycles. The third kappa shape index (κ3) is 4.84. The zero-order valence-electron chi connectivity index (χ0n) is 16.8. The van der Waals surface area contributed by atoms with Crippen LogP contribution in [0.2, 0.25) is 0 Å². The van der Waals surface area contributed by atoms with Gasteiger partial charge in [0.15, 0.2) is 11.5 Å². The highest BCUT2D eigenvalue weighted by atomic mass is 16.7. The summed E-state index contributed by atoms with van der Waals surface area (Å²) in [5.74, 6) is 1.20. The molecule has 31 heavy (non-hydrogen) atoms. The number of amides is 2. The first kappa shape index (κ1) is 20.0. The molecule has 0 bridgehead atoms. The van der Waals surface area contributed by atoms with E-state index in [-0.39, 0.29) is 18.6 Å². The molecule has 1 aliphatic rings. The van der Waals surface area contributed by atoms with Gasteiger partial charge < -0.3 is 24.8 Å². The zero-order chi connectivity index (χ0) is 21.6. The molecule has 4 rings (SSSR count). The molecule has 0 atom stereocenters. The van der Waals surface area contributed by atoms with Crippen LogP contribution in [0, 0.1) is 0 Å². The van der Waals surface area contributed by atoms with Crippen LogP contribution in [0.25, 0.3) is 6.08 Å². The SMILES string of the molecule is COc1cccc(/C=C/C(=O)Nc2ccccc2C(=O)Nc2ccc3c(c2)OCO3)c1. The Hall–Kier alpha value is -4.26. The summed E-state index contributed by atoms with van der Waals surface area (Å²) in [7, 11) is 1.58. The zero-order valence-corrected chi connectivity index (χ0v) is 16.8. The largest absolute Gasteiger partial charge is 0.497 e. The molecular formula is C24H20N2O5. The van der Waals surface area contributed by atoms with Crippen molar-refractivity contribution in [1.82, 2.24) is 0 Å². The molecule has 1 heterocycles. The lowest BCUT2D eigenvalue weighted by atomic mass is 10.1. The number of nitrogens with one attached hydrogen (secondary N) is 2. The highest BCUT2D eigenvalue weighted by molar-refractivity contribution is 6.11. The van der Waals surface area contributed by atoms with Gasteiger partial charge in [0.2, 0.25) is 12.7 Å². The quantitative estimate of drug-likeness (QED) is 0.584. The number of ether oxygens (including phenoxy) is 3. The number of benzene rings is 3. The molecular weight excluding hydrogens is 396 g/mol. The van der Waals surface area contributed by atoms with Crippen LogP contribution < -0.4 is 24.8 Å². The Morgan fingerprint density at radius 1 is 0.935 bits per heavy atom. The van der Waals surface area contributed by atoms with Gasteiger partial charge in [-0.25, -0.2) is 0 Å². The lowest BCUT2D eigenvalue weighted by molar-refractivity contribution is -0.111. The van der Waals surface area contributed by atoms with Crippen molar-refractivity contribution in [2.24, 2.45) is 0 Å². The van der Waals surface area contributed by atoms with Crippen LogP contribution in [0.5, 0.6) is 17.2 Å². The monoisotopic (exact) mass is 416 g/mol. The molecule has 0 fully saturated rings. The fourth-order valence-corrected chi connectivity index (χ4v) is 3.05. The van der Waals surface area contributed by atoms with Crippen LogP contribution in [0.4, 0.5) is 11.4 Å². The van der Waals surface area contributed by atoms with Crippen LogP contribution in [0.3, 0.4) is 0 Å². The molecule has 0 radical (unpaired) electrons.